The molecule has 0 amide bonds. The van der Waals surface area contributed by atoms with E-state index < -0.39 is 23.6 Å². The van der Waals surface area contributed by atoms with Crippen molar-refractivity contribution >= 4 is 27.0 Å². The maximum atomic E-state index is 14.2. The average Bonchev–Trinajstić information content (AvgIpc) is 2.97. The fourth-order valence-electron chi connectivity index (χ4n) is 3.21. The van der Waals surface area contributed by atoms with Crippen LogP contribution in [0.1, 0.15) is 23.3 Å². The van der Waals surface area contributed by atoms with Gasteiger partial charge in [-0.15, -0.1) is 0 Å². The van der Waals surface area contributed by atoms with Gasteiger partial charge in [-0.2, -0.15) is 0 Å². The van der Waals surface area contributed by atoms with Gasteiger partial charge in [-0.25, -0.2) is 13.8 Å². The van der Waals surface area contributed by atoms with Crippen LogP contribution in [0.25, 0.3) is 11.0 Å². The molecule has 2 heterocycles. The number of imidazole rings is 1. The first-order valence-electron chi connectivity index (χ1n) is 6.91. The fourth-order valence-corrected chi connectivity index (χ4v) is 3.61. The van der Waals surface area contributed by atoms with Crippen LogP contribution in [0.5, 0.6) is 0 Å². The summed E-state index contributed by atoms with van der Waals surface area (Å²) >= 11 is 3.10. The molecule has 4 rings (SSSR count). The number of rotatable bonds is 1. The van der Waals surface area contributed by atoms with Gasteiger partial charge in [0.15, 0.2) is 0 Å². The lowest BCUT2D eigenvalue weighted by Crippen LogP contribution is -2.18. The van der Waals surface area contributed by atoms with E-state index in [9.17, 15) is 8.78 Å². The summed E-state index contributed by atoms with van der Waals surface area (Å²) in [5.74, 6) is -0.946. The number of hydrogen-bond acceptors (Lipinski definition) is 2. The van der Waals surface area contributed by atoms with Gasteiger partial charge in [0.25, 0.3) is 0 Å². The molecule has 0 unspecified atom stereocenters. The SMILES string of the molecule is N[C@@H]1c2nc3ccccc3n2C[C@H]1c1c(F)cc(Br)cc1F. The second kappa shape index (κ2) is 4.86. The van der Waals surface area contributed by atoms with E-state index in [1.807, 2.05) is 28.8 Å². The summed E-state index contributed by atoms with van der Waals surface area (Å²) in [5.41, 5.74) is 8.06. The van der Waals surface area contributed by atoms with E-state index >= 15 is 0 Å². The van der Waals surface area contributed by atoms with Gasteiger partial charge in [0.2, 0.25) is 0 Å². The summed E-state index contributed by atoms with van der Waals surface area (Å²) in [4.78, 5) is 4.51. The van der Waals surface area contributed by atoms with E-state index in [-0.39, 0.29) is 5.56 Å². The lowest BCUT2D eigenvalue weighted by atomic mass is 9.93. The van der Waals surface area contributed by atoms with Crippen LogP contribution in [0.4, 0.5) is 8.78 Å². The summed E-state index contributed by atoms with van der Waals surface area (Å²) in [6, 6.07) is 9.67. The topological polar surface area (TPSA) is 43.8 Å². The van der Waals surface area contributed by atoms with Crippen LogP contribution < -0.4 is 5.73 Å². The molecule has 0 aliphatic carbocycles. The normalized spacial score (nSPS) is 20.5. The van der Waals surface area contributed by atoms with Crippen molar-refractivity contribution in [2.75, 3.05) is 0 Å². The van der Waals surface area contributed by atoms with Crippen LogP contribution in [-0.4, -0.2) is 9.55 Å². The number of para-hydroxylation sites is 2. The third kappa shape index (κ3) is 1.90. The third-order valence-electron chi connectivity index (χ3n) is 4.21. The molecule has 2 atom stereocenters. The minimum absolute atomic E-state index is 0.0327. The number of hydrogen-bond donors (Lipinski definition) is 1. The van der Waals surface area contributed by atoms with Gasteiger partial charge in [0.05, 0.1) is 17.1 Å². The fraction of sp³-hybridized carbons (Fsp3) is 0.188. The van der Waals surface area contributed by atoms with Crippen molar-refractivity contribution in [2.24, 2.45) is 5.73 Å². The Kier molecular flexibility index (Phi) is 3.06. The lowest BCUT2D eigenvalue weighted by Gasteiger charge is -2.17. The van der Waals surface area contributed by atoms with Crippen molar-refractivity contribution in [3.8, 4) is 0 Å². The van der Waals surface area contributed by atoms with Crippen LogP contribution in [0.3, 0.4) is 0 Å². The second-order valence-corrected chi connectivity index (χ2v) is 6.40. The maximum absolute atomic E-state index is 14.2. The quantitative estimate of drug-likeness (QED) is 0.712. The van der Waals surface area contributed by atoms with E-state index in [0.29, 0.717) is 16.8 Å². The molecule has 3 nitrogen and oxygen atoms in total. The van der Waals surface area contributed by atoms with Crippen LogP contribution >= 0.6 is 15.9 Å². The minimum Gasteiger partial charge on any atom is -0.326 e. The summed E-state index contributed by atoms with van der Waals surface area (Å²) in [6.45, 7) is 0.423. The zero-order valence-corrected chi connectivity index (χ0v) is 13.0. The Morgan fingerprint density at radius 1 is 1.18 bits per heavy atom. The molecule has 0 fully saturated rings. The first-order valence-corrected chi connectivity index (χ1v) is 7.70. The standard InChI is InChI=1S/C16H12BrF2N3/c17-8-5-10(18)14(11(19)6-8)9-7-22-13-4-2-1-3-12(13)21-16(22)15(9)20/h1-6,9,15H,7,20H2/t9-,15-/m0/s1. The lowest BCUT2D eigenvalue weighted by molar-refractivity contribution is 0.484. The third-order valence-corrected chi connectivity index (χ3v) is 4.67. The van der Waals surface area contributed by atoms with Crippen LogP contribution in [-0.2, 0) is 6.54 Å². The molecule has 0 spiro atoms. The largest absolute Gasteiger partial charge is 0.326 e. The molecule has 2 aromatic carbocycles. The molecule has 2 N–H and O–H groups in total. The summed E-state index contributed by atoms with van der Waals surface area (Å²) in [5, 5.41) is 0. The average molecular weight is 364 g/mol. The Hall–Kier alpha value is -1.79. The highest BCUT2D eigenvalue weighted by Gasteiger charge is 2.37. The van der Waals surface area contributed by atoms with Crippen molar-refractivity contribution < 1.29 is 8.78 Å². The monoisotopic (exact) mass is 363 g/mol. The molecule has 112 valence electrons. The van der Waals surface area contributed by atoms with E-state index in [1.54, 1.807) is 0 Å². The Bertz CT molecular complexity index is 867. The molecule has 1 aliphatic rings. The molecule has 1 aliphatic heterocycles. The zero-order valence-electron chi connectivity index (χ0n) is 11.4. The minimum atomic E-state index is -0.581. The van der Waals surface area contributed by atoms with Crippen molar-refractivity contribution in [2.45, 2.75) is 18.5 Å². The number of halogens is 3. The highest BCUT2D eigenvalue weighted by atomic mass is 79.9. The van der Waals surface area contributed by atoms with Gasteiger partial charge in [0.1, 0.15) is 17.5 Å². The van der Waals surface area contributed by atoms with Gasteiger partial charge >= 0.3 is 0 Å². The van der Waals surface area contributed by atoms with E-state index in [1.165, 1.54) is 12.1 Å². The Balaban J connectivity index is 1.84. The van der Waals surface area contributed by atoms with Gasteiger partial charge in [-0.3, -0.25) is 0 Å². The van der Waals surface area contributed by atoms with Crippen molar-refractivity contribution in [1.29, 1.82) is 0 Å². The molecule has 1 aromatic heterocycles. The molecule has 6 heteroatoms. The second-order valence-electron chi connectivity index (χ2n) is 5.48. The number of benzene rings is 2. The molecular formula is C16H12BrF2N3. The molecule has 0 bridgehead atoms. The maximum Gasteiger partial charge on any atom is 0.130 e. The number of fused-ring (bicyclic) bond motifs is 3. The molecule has 22 heavy (non-hydrogen) atoms. The molecule has 0 saturated carbocycles. The first-order chi connectivity index (χ1) is 10.6. The van der Waals surface area contributed by atoms with Gasteiger partial charge < -0.3 is 10.3 Å². The molecule has 0 saturated heterocycles. The van der Waals surface area contributed by atoms with E-state index in [2.05, 4.69) is 20.9 Å². The van der Waals surface area contributed by atoms with Crippen LogP contribution in [0.2, 0.25) is 0 Å². The van der Waals surface area contributed by atoms with Crippen molar-refractivity contribution in [3.05, 3.63) is 63.9 Å². The van der Waals surface area contributed by atoms with Crippen molar-refractivity contribution in [3.63, 3.8) is 0 Å². The smallest absolute Gasteiger partial charge is 0.130 e. The molecular weight excluding hydrogens is 352 g/mol. The Morgan fingerprint density at radius 3 is 2.59 bits per heavy atom. The highest BCUT2D eigenvalue weighted by molar-refractivity contribution is 9.10. The van der Waals surface area contributed by atoms with E-state index in [4.69, 9.17) is 5.73 Å². The molecule has 0 radical (unpaired) electrons. The van der Waals surface area contributed by atoms with Crippen LogP contribution in [0.15, 0.2) is 40.9 Å². The van der Waals surface area contributed by atoms with Gasteiger partial charge in [-0.05, 0) is 24.3 Å². The number of nitrogens with two attached hydrogens (primary N) is 1. The van der Waals surface area contributed by atoms with Crippen molar-refractivity contribution in [1.82, 2.24) is 9.55 Å². The number of aromatic nitrogens is 2. The Morgan fingerprint density at radius 2 is 1.86 bits per heavy atom. The summed E-state index contributed by atoms with van der Waals surface area (Å²) < 4.78 is 30.8. The first kappa shape index (κ1) is 13.8. The predicted octanol–water partition coefficient (Wildman–Crippen LogP) is 3.87. The summed E-state index contributed by atoms with van der Waals surface area (Å²) in [6.07, 6.45) is 0. The van der Waals surface area contributed by atoms with Crippen LogP contribution in [0, 0.1) is 11.6 Å². The van der Waals surface area contributed by atoms with Gasteiger partial charge in [0, 0.05) is 22.5 Å². The predicted molar refractivity (Wildman–Crippen MR) is 83.5 cm³/mol. The summed E-state index contributed by atoms with van der Waals surface area (Å²) in [7, 11) is 0. The van der Waals surface area contributed by atoms with Gasteiger partial charge in [-0.1, -0.05) is 28.1 Å². The molecule has 3 aromatic rings. The number of nitrogens with zero attached hydrogens (tertiary/aromatic N) is 2. The highest BCUT2D eigenvalue weighted by Crippen LogP contribution is 2.41. The Labute approximate surface area is 133 Å². The zero-order chi connectivity index (χ0) is 15.4. The van der Waals surface area contributed by atoms with E-state index in [0.717, 1.165) is 11.0 Å².